The van der Waals surface area contributed by atoms with Gasteiger partial charge in [-0.2, -0.15) is 9.57 Å². The second-order valence-corrected chi connectivity index (χ2v) is 10.1. The van der Waals surface area contributed by atoms with Crippen molar-refractivity contribution in [1.82, 2.24) is 4.31 Å². The number of nitrogens with zero attached hydrogens (tertiary/aromatic N) is 2. The average Bonchev–Trinajstić information content (AvgIpc) is 2.88. The van der Waals surface area contributed by atoms with E-state index in [1.807, 2.05) is 6.07 Å². The summed E-state index contributed by atoms with van der Waals surface area (Å²) in [6, 6.07) is 13.0. The maximum absolute atomic E-state index is 13.1. The molecule has 0 radical (unpaired) electrons. The summed E-state index contributed by atoms with van der Waals surface area (Å²) < 4.78 is 43.8. The topological polar surface area (TPSA) is 135 Å². The van der Waals surface area contributed by atoms with Crippen molar-refractivity contribution in [2.24, 2.45) is 5.92 Å². The van der Waals surface area contributed by atoms with Gasteiger partial charge in [0.1, 0.15) is 19.3 Å². The van der Waals surface area contributed by atoms with Crippen LogP contribution in [0.4, 0.5) is 5.69 Å². The van der Waals surface area contributed by atoms with E-state index in [0.717, 1.165) is 0 Å². The number of fused-ring (bicyclic) bond motifs is 1. The lowest BCUT2D eigenvalue weighted by Crippen LogP contribution is -2.41. The van der Waals surface area contributed by atoms with Crippen LogP contribution in [-0.4, -0.2) is 57.0 Å². The Morgan fingerprint density at radius 1 is 1.11 bits per heavy atom. The third-order valence-electron chi connectivity index (χ3n) is 5.91. The third kappa shape index (κ3) is 5.39. The Morgan fingerprint density at radius 3 is 2.51 bits per heavy atom. The summed E-state index contributed by atoms with van der Waals surface area (Å²) in [5.41, 5.74) is 0.631. The van der Waals surface area contributed by atoms with E-state index >= 15 is 0 Å². The molecule has 1 amide bonds. The Labute approximate surface area is 203 Å². The molecule has 0 aromatic heterocycles. The molecule has 1 saturated heterocycles. The minimum Gasteiger partial charge on any atom is -0.486 e. The van der Waals surface area contributed by atoms with Crippen LogP contribution in [0.1, 0.15) is 25.3 Å². The van der Waals surface area contributed by atoms with Gasteiger partial charge in [-0.3, -0.25) is 9.59 Å². The zero-order valence-electron chi connectivity index (χ0n) is 19.1. The van der Waals surface area contributed by atoms with Crippen molar-refractivity contribution in [3.63, 3.8) is 0 Å². The summed E-state index contributed by atoms with van der Waals surface area (Å²) in [6.07, 6.45) is -0.531. The van der Waals surface area contributed by atoms with Crippen molar-refractivity contribution in [1.29, 1.82) is 5.26 Å². The van der Waals surface area contributed by atoms with Gasteiger partial charge in [-0.25, -0.2) is 8.42 Å². The van der Waals surface area contributed by atoms with Crippen molar-refractivity contribution < 1.29 is 32.2 Å². The highest BCUT2D eigenvalue weighted by Crippen LogP contribution is 2.34. The Bertz CT molecular complexity index is 1260. The highest BCUT2D eigenvalue weighted by atomic mass is 32.2. The first-order chi connectivity index (χ1) is 16.8. The molecule has 0 aliphatic carbocycles. The van der Waals surface area contributed by atoms with Crippen molar-refractivity contribution in [3.8, 4) is 17.6 Å². The number of amides is 1. The van der Waals surface area contributed by atoms with Crippen LogP contribution in [0.5, 0.6) is 11.5 Å². The third-order valence-corrected chi connectivity index (χ3v) is 7.80. The van der Waals surface area contributed by atoms with Crippen molar-refractivity contribution in [2.75, 3.05) is 31.6 Å². The number of piperidine rings is 1. The molecular weight excluding hydrogens is 474 g/mol. The Balaban J connectivity index is 1.32. The number of benzene rings is 2. The van der Waals surface area contributed by atoms with Gasteiger partial charge in [0.15, 0.2) is 17.6 Å². The molecule has 11 heteroatoms. The fraction of sp³-hybridized carbons (Fsp3) is 0.375. The molecule has 4 rings (SSSR count). The standard InChI is InChI=1S/C24H25N3O7S/c1-16(23(28)26-20-5-3-2-4-18(20)15-25)34-24(29)17-8-10-27(11-9-17)35(30,31)19-6-7-21-22(14-19)33-13-12-32-21/h2-7,14,16-17H,8-13H2,1H3,(H,26,28). The molecule has 0 saturated carbocycles. The van der Waals surface area contributed by atoms with Gasteiger partial charge in [0.05, 0.1) is 22.1 Å². The van der Waals surface area contributed by atoms with E-state index in [1.54, 1.807) is 30.3 Å². The molecular formula is C24H25N3O7S. The average molecular weight is 500 g/mol. The van der Waals surface area contributed by atoms with Gasteiger partial charge in [-0.05, 0) is 44.0 Å². The molecule has 2 aliphatic rings. The molecule has 184 valence electrons. The van der Waals surface area contributed by atoms with Crippen LogP contribution >= 0.6 is 0 Å². The van der Waals surface area contributed by atoms with E-state index in [-0.39, 0.29) is 30.8 Å². The van der Waals surface area contributed by atoms with Gasteiger partial charge in [-0.15, -0.1) is 0 Å². The molecule has 2 aromatic rings. The van der Waals surface area contributed by atoms with Crippen molar-refractivity contribution in [3.05, 3.63) is 48.0 Å². The number of carbonyl (C=O) groups excluding carboxylic acids is 2. The number of hydrogen-bond donors (Lipinski definition) is 1. The van der Waals surface area contributed by atoms with Gasteiger partial charge in [0.2, 0.25) is 10.0 Å². The first-order valence-electron chi connectivity index (χ1n) is 11.2. The lowest BCUT2D eigenvalue weighted by molar-refractivity contribution is -0.158. The van der Waals surface area contributed by atoms with Crippen LogP contribution in [0.3, 0.4) is 0 Å². The molecule has 1 fully saturated rings. The molecule has 0 bridgehead atoms. The second kappa shape index (κ2) is 10.3. The van der Waals surface area contributed by atoms with Crippen LogP contribution in [0.15, 0.2) is 47.4 Å². The smallest absolute Gasteiger partial charge is 0.309 e. The van der Waals surface area contributed by atoms with E-state index in [0.29, 0.717) is 36.0 Å². The predicted molar refractivity (Wildman–Crippen MR) is 124 cm³/mol. The molecule has 0 spiro atoms. The minimum absolute atomic E-state index is 0.103. The first kappa shape index (κ1) is 24.5. The van der Waals surface area contributed by atoms with E-state index in [2.05, 4.69) is 5.32 Å². The zero-order chi connectivity index (χ0) is 25.0. The molecule has 1 N–H and O–H groups in total. The number of anilines is 1. The fourth-order valence-corrected chi connectivity index (χ4v) is 5.40. The Kier molecular flexibility index (Phi) is 7.23. The lowest BCUT2D eigenvalue weighted by atomic mass is 9.98. The number of sulfonamides is 1. The van der Waals surface area contributed by atoms with Crippen LogP contribution in [0.2, 0.25) is 0 Å². The number of esters is 1. The van der Waals surface area contributed by atoms with Crippen molar-refractivity contribution >= 4 is 27.6 Å². The largest absolute Gasteiger partial charge is 0.486 e. The fourth-order valence-electron chi connectivity index (χ4n) is 3.91. The maximum Gasteiger partial charge on any atom is 0.309 e. The molecule has 35 heavy (non-hydrogen) atoms. The second-order valence-electron chi connectivity index (χ2n) is 8.21. The zero-order valence-corrected chi connectivity index (χ0v) is 19.9. The molecule has 1 atom stereocenters. The Hall–Kier alpha value is -3.62. The van der Waals surface area contributed by atoms with E-state index in [1.165, 1.54) is 23.4 Å². The number of nitrogens with one attached hydrogen (secondary N) is 1. The molecule has 2 aliphatic heterocycles. The molecule has 1 unspecified atom stereocenters. The van der Waals surface area contributed by atoms with Gasteiger partial charge >= 0.3 is 5.97 Å². The quantitative estimate of drug-likeness (QED) is 0.598. The number of rotatable bonds is 6. The van der Waals surface area contributed by atoms with E-state index in [4.69, 9.17) is 19.5 Å². The maximum atomic E-state index is 13.1. The number of ether oxygens (including phenoxy) is 3. The minimum atomic E-state index is -3.77. The van der Waals surface area contributed by atoms with Gasteiger partial charge < -0.3 is 19.5 Å². The summed E-state index contributed by atoms with van der Waals surface area (Å²) in [5, 5.41) is 11.7. The van der Waals surface area contributed by atoms with E-state index < -0.39 is 33.9 Å². The van der Waals surface area contributed by atoms with Crippen LogP contribution in [0.25, 0.3) is 0 Å². The molecule has 10 nitrogen and oxygen atoms in total. The summed E-state index contributed by atoms with van der Waals surface area (Å²) in [5.74, 6) is -0.744. The number of hydrogen-bond acceptors (Lipinski definition) is 8. The summed E-state index contributed by atoms with van der Waals surface area (Å²) >= 11 is 0. The monoisotopic (exact) mass is 499 g/mol. The number of para-hydroxylation sites is 1. The highest BCUT2D eigenvalue weighted by molar-refractivity contribution is 7.89. The molecule has 2 aromatic carbocycles. The van der Waals surface area contributed by atoms with Crippen LogP contribution < -0.4 is 14.8 Å². The summed E-state index contributed by atoms with van der Waals surface area (Å²) in [6.45, 7) is 2.50. The van der Waals surface area contributed by atoms with Crippen molar-refractivity contribution in [2.45, 2.75) is 30.8 Å². The number of carbonyl (C=O) groups is 2. The lowest BCUT2D eigenvalue weighted by Gasteiger charge is -2.31. The molecule has 2 heterocycles. The van der Waals surface area contributed by atoms with Gasteiger partial charge in [-0.1, -0.05) is 12.1 Å². The van der Waals surface area contributed by atoms with E-state index in [9.17, 15) is 18.0 Å². The number of nitriles is 1. The predicted octanol–water partition coefficient (Wildman–Crippen LogP) is 2.30. The highest BCUT2D eigenvalue weighted by Gasteiger charge is 2.34. The Morgan fingerprint density at radius 2 is 1.80 bits per heavy atom. The SMILES string of the molecule is CC(OC(=O)C1CCN(S(=O)(=O)c2ccc3c(c2)OCCO3)CC1)C(=O)Nc1ccccc1C#N. The summed E-state index contributed by atoms with van der Waals surface area (Å²) in [7, 11) is -3.77. The van der Waals surface area contributed by atoms with Gasteiger partial charge in [0, 0.05) is 19.2 Å². The normalized spacial score (nSPS) is 17.1. The van der Waals surface area contributed by atoms with Gasteiger partial charge in [0.25, 0.3) is 5.91 Å². The van der Waals surface area contributed by atoms with Crippen LogP contribution in [0, 0.1) is 17.2 Å². The first-order valence-corrected chi connectivity index (χ1v) is 12.6. The summed E-state index contributed by atoms with van der Waals surface area (Å²) in [4.78, 5) is 25.2. The van der Waals surface area contributed by atoms with Crippen LogP contribution in [-0.2, 0) is 24.3 Å².